The van der Waals surface area contributed by atoms with Crippen LogP contribution in [-0.4, -0.2) is 0 Å². The van der Waals surface area contributed by atoms with Gasteiger partial charge < -0.3 is 22.9 Å². The summed E-state index contributed by atoms with van der Waals surface area (Å²) >= 11 is 0. The topological polar surface area (TPSA) is 104 Å². The molecule has 8 N–H and O–H groups in total. The number of hydrogen-bond donors (Lipinski definition) is 4. The predicted octanol–water partition coefficient (Wildman–Crippen LogP) is 7.24. The summed E-state index contributed by atoms with van der Waals surface area (Å²) in [6, 6.07) is 21.3. The minimum absolute atomic E-state index is 0.887. The van der Waals surface area contributed by atoms with E-state index in [2.05, 4.69) is 90.1 Å². The molecule has 0 heterocycles. The molecular formula is C34H44N4. The highest BCUT2D eigenvalue weighted by molar-refractivity contribution is 5.57. The third-order valence-corrected chi connectivity index (χ3v) is 7.30. The van der Waals surface area contributed by atoms with Crippen LogP contribution in [0, 0.1) is 27.7 Å². The molecule has 4 heteroatoms. The average Bonchev–Trinajstić information content (AvgIpc) is 2.88. The summed E-state index contributed by atoms with van der Waals surface area (Å²) in [6.45, 7) is 12.5. The number of aryl methyl sites for hydroxylation is 6. The minimum Gasteiger partial charge on any atom is -0.399 e. The minimum atomic E-state index is 0.887. The molecule has 38 heavy (non-hydrogen) atoms. The Morgan fingerprint density at radius 3 is 1.08 bits per heavy atom. The SMILES string of the molecule is CCc1cc(Cc2ccc(N)c(CC)c2)ccc1N.Cc1cc(Cc2cc(C)c(N)c(C)c2)cc(C)c1N. The molecular weight excluding hydrogens is 464 g/mol. The van der Waals surface area contributed by atoms with E-state index >= 15 is 0 Å². The highest BCUT2D eigenvalue weighted by Crippen LogP contribution is 2.24. The maximum absolute atomic E-state index is 6.00. The molecule has 0 aliphatic heterocycles. The lowest BCUT2D eigenvalue weighted by molar-refractivity contribution is 1.09. The van der Waals surface area contributed by atoms with Gasteiger partial charge in [-0.25, -0.2) is 0 Å². The van der Waals surface area contributed by atoms with Gasteiger partial charge in [-0.3, -0.25) is 0 Å². The molecule has 4 nitrogen and oxygen atoms in total. The van der Waals surface area contributed by atoms with Gasteiger partial charge in [0.15, 0.2) is 0 Å². The van der Waals surface area contributed by atoms with Crippen LogP contribution in [0.2, 0.25) is 0 Å². The van der Waals surface area contributed by atoms with Gasteiger partial charge in [-0.2, -0.15) is 0 Å². The number of hydrogen-bond acceptors (Lipinski definition) is 4. The molecule has 0 radical (unpaired) electrons. The van der Waals surface area contributed by atoms with E-state index in [4.69, 9.17) is 22.9 Å². The Labute approximate surface area is 229 Å². The zero-order valence-electron chi connectivity index (χ0n) is 23.9. The lowest BCUT2D eigenvalue weighted by Gasteiger charge is -2.11. The Balaban J connectivity index is 0.000000211. The molecule has 0 aromatic heterocycles. The molecule has 0 unspecified atom stereocenters. The van der Waals surface area contributed by atoms with Crippen LogP contribution >= 0.6 is 0 Å². The van der Waals surface area contributed by atoms with Crippen molar-refractivity contribution in [2.24, 2.45) is 0 Å². The number of nitrogen functional groups attached to an aromatic ring is 4. The van der Waals surface area contributed by atoms with Gasteiger partial charge in [0.25, 0.3) is 0 Å². The van der Waals surface area contributed by atoms with E-state index in [0.29, 0.717) is 0 Å². The fraction of sp³-hybridized carbons (Fsp3) is 0.294. The summed E-state index contributed by atoms with van der Waals surface area (Å²) in [5, 5.41) is 0. The van der Waals surface area contributed by atoms with Crippen LogP contribution in [0.5, 0.6) is 0 Å². The van der Waals surface area contributed by atoms with Crippen LogP contribution in [0.25, 0.3) is 0 Å². The summed E-state index contributed by atoms with van der Waals surface area (Å²) < 4.78 is 0. The average molecular weight is 509 g/mol. The number of nitrogens with two attached hydrogens (primary N) is 4. The van der Waals surface area contributed by atoms with Crippen LogP contribution < -0.4 is 22.9 Å². The summed E-state index contributed by atoms with van der Waals surface area (Å²) in [5.41, 5.74) is 39.7. The Morgan fingerprint density at radius 2 is 0.763 bits per heavy atom. The summed E-state index contributed by atoms with van der Waals surface area (Å²) in [5.74, 6) is 0. The maximum Gasteiger partial charge on any atom is 0.0373 e. The van der Waals surface area contributed by atoms with Gasteiger partial charge in [-0.05, 0) is 121 Å². The maximum atomic E-state index is 6.00. The van der Waals surface area contributed by atoms with E-state index in [1.807, 2.05) is 12.1 Å². The highest BCUT2D eigenvalue weighted by atomic mass is 14.6. The van der Waals surface area contributed by atoms with Crippen molar-refractivity contribution in [2.75, 3.05) is 22.9 Å². The second-order valence-electron chi connectivity index (χ2n) is 10.4. The fourth-order valence-corrected chi connectivity index (χ4v) is 4.95. The molecule has 200 valence electrons. The van der Waals surface area contributed by atoms with Crippen molar-refractivity contribution < 1.29 is 0 Å². The molecule has 0 spiro atoms. The van der Waals surface area contributed by atoms with Crippen LogP contribution in [0.3, 0.4) is 0 Å². The molecule has 4 rings (SSSR count). The third kappa shape index (κ3) is 7.10. The van der Waals surface area contributed by atoms with E-state index < -0.39 is 0 Å². The van der Waals surface area contributed by atoms with Crippen molar-refractivity contribution in [1.82, 2.24) is 0 Å². The lowest BCUT2D eigenvalue weighted by atomic mass is 9.96. The van der Waals surface area contributed by atoms with Crippen molar-refractivity contribution >= 4 is 22.7 Å². The normalized spacial score (nSPS) is 10.7. The fourth-order valence-electron chi connectivity index (χ4n) is 4.95. The van der Waals surface area contributed by atoms with E-state index in [0.717, 1.165) is 70.7 Å². The summed E-state index contributed by atoms with van der Waals surface area (Å²) in [4.78, 5) is 0. The van der Waals surface area contributed by atoms with Crippen molar-refractivity contribution in [3.05, 3.63) is 116 Å². The zero-order chi connectivity index (χ0) is 28.0. The Bertz CT molecular complexity index is 1270. The first-order valence-corrected chi connectivity index (χ1v) is 13.5. The van der Waals surface area contributed by atoms with Gasteiger partial charge in [0.1, 0.15) is 0 Å². The van der Waals surface area contributed by atoms with Gasteiger partial charge in [0.05, 0.1) is 0 Å². The second kappa shape index (κ2) is 12.6. The van der Waals surface area contributed by atoms with Crippen LogP contribution in [0.4, 0.5) is 22.7 Å². The summed E-state index contributed by atoms with van der Waals surface area (Å²) in [7, 11) is 0. The number of anilines is 4. The van der Waals surface area contributed by atoms with Crippen molar-refractivity contribution in [3.63, 3.8) is 0 Å². The summed E-state index contributed by atoms with van der Waals surface area (Å²) in [6.07, 6.45) is 3.80. The van der Waals surface area contributed by atoms with E-state index in [-0.39, 0.29) is 0 Å². The zero-order valence-corrected chi connectivity index (χ0v) is 23.9. The Morgan fingerprint density at radius 1 is 0.447 bits per heavy atom. The lowest BCUT2D eigenvalue weighted by Crippen LogP contribution is -1.99. The molecule has 0 saturated heterocycles. The molecule has 0 aliphatic carbocycles. The van der Waals surface area contributed by atoms with Crippen LogP contribution in [0.15, 0.2) is 60.7 Å². The Hall–Kier alpha value is -3.92. The molecule has 0 fully saturated rings. The van der Waals surface area contributed by atoms with E-state index in [1.165, 1.54) is 33.4 Å². The van der Waals surface area contributed by atoms with Gasteiger partial charge in [-0.1, -0.05) is 62.4 Å². The first kappa shape index (κ1) is 28.6. The molecule has 0 amide bonds. The molecule has 0 atom stereocenters. The monoisotopic (exact) mass is 508 g/mol. The van der Waals surface area contributed by atoms with Crippen molar-refractivity contribution in [2.45, 2.75) is 67.2 Å². The van der Waals surface area contributed by atoms with Gasteiger partial charge in [0.2, 0.25) is 0 Å². The van der Waals surface area contributed by atoms with Crippen LogP contribution in [-0.2, 0) is 25.7 Å². The first-order valence-electron chi connectivity index (χ1n) is 13.5. The van der Waals surface area contributed by atoms with Crippen LogP contribution in [0.1, 0.15) is 69.5 Å². The van der Waals surface area contributed by atoms with Crippen molar-refractivity contribution in [1.29, 1.82) is 0 Å². The van der Waals surface area contributed by atoms with Crippen molar-refractivity contribution in [3.8, 4) is 0 Å². The molecule has 0 aliphatic rings. The quantitative estimate of drug-likeness (QED) is 0.206. The van der Waals surface area contributed by atoms with Gasteiger partial charge in [0, 0.05) is 22.7 Å². The van der Waals surface area contributed by atoms with E-state index in [1.54, 1.807) is 0 Å². The smallest absolute Gasteiger partial charge is 0.0373 e. The van der Waals surface area contributed by atoms with E-state index in [9.17, 15) is 0 Å². The standard InChI is InChI=1S/2C17H22N2/c1-10-5-14(6-11(2)16(10)18)9-15-7-12(3)17(19)13(4)8-15;1-3-14-10-12(5-7-16(14)18)9-13-6-8-17(19)15(4-2)11-13/h5-8H,9,18-19H2,1-4H3;5-8,10-11H,3-4,9,18-19H2,1-2H3. The number of benzene rings is 4. The first-order chi connectivity index (χ1) is 18.0. The third-order valence-electron chi connectivity index (χ3n) is 7.30. The van der Waals surface area contributed by atoms with Gasteiger partial charge >= 0.3 is 0 Å². The number of rotatable bonds is 6. The second-order valence-corrected chi connectivity index (χ2v) is 10.4. The predicted molar refractivity (Wildman–Crippen MR) is 167 cm³/mol. The Kier molecular flexibility index (Phi) is 9.46. The molecule has 0 saturated carbocycles. The molecule has 4 aromatic carbocycles. The molecule has 4 aromatic rings. The highest BCUT2D eigenvalue weighted by Gasteiger charge is 2.06. The van der Waals surface area contributed by atoms with Gasteiger partial charge in [-0.15, -0.1) is 0 Å². The molecule has 0 bridgehead atoms. The largest absolute Gasteiger partial charge is 0.399 e.